The molecular formula is C11H23NO3. The maximum Gasteiger partial charge on any atom is 0.246 e. The van der Waals surface area contributed by atoms with E-state index in [1.54, 1.807) is 0 Å². The number of rotatable bonds is 6. The molecule has 0 heterocycles. The molecule has 4 heteroatoms. The van der Waals surface area contributed by atoms with Gasteiger partial charge in [-0.1, -0.05) is 0 Å². The third-order valence-electron chi connectivity index (χ3n) is 1.51. The van der Waals surface area contributed by atoms with Crippen LogP contribution in [0.25, 0.3) is 0 Å². The van der Waals surface area contributed by atoms with Crippen molar-refractivity contribution in [3.05, 3.63) is 0 Å². The molecule has 0 unspecified atom stereocenters. The van der Waals surface area contributed by atoms with E-state index >= 15 is 0 Å². The smallest absolute Gasteiger partial charge is 0.246 e. The van der Waals surface area contributed by atoms with Crippen molar-refractivity contribution in [1.82, 2.24) is 5.32 Å². The van der Waals surface area contributed by atoms with Gasteiger partial charge in [0.2, 0.25) is 5.91 Å². The van der Waals surface area contributed by atoms with Crippen molar-refractivity contribution in [3.8, 4) is 0 Å². The molecule has 0 fully saturated rings. The van der Waals surface area contributed by atoms with Gasteiger partial charge < -0.3 is 14.8 Å². The summed E-state index contributed by atoms with van der Waals surface area (Å²) in [5.74, 6) is -0.0997. The SMILES string of the molecule is CC(C)OCCNC(=O)COC(C)(C)C. The van der Waals surface area contributed by atoms with Crippen LogP contribution in [-0.4, -0.2) is 37.4 Å². The highest BCUT2D eigenvalue weighted by Crippen LogP contribution is 2.05. The van der Waals surface area contributed by atoms with Crippen molar-refractivity contribution in [1.29, 1.82) is 0 Å². The third-order valence-corrected chi connectivity index (χ3v) is 1.51. The average Bonchev–Trinajstić information content (AvgIpc) is 2.07. The molecule has 90 valence electrons. The first kappa shape index (κ1) is 14.4. The number of hydrogen-bond acceptors (Lipinski definition) is 3. The van der Waals surface area contributed by atoms with E-state index < -0.39 is 0 Å². The Morgan fingerprint density at radius 1 is 1.33 bits per heavy atom. The number of hydrogen-bond donors (Lipinski definition) is 1. The molecule has 0 aliphatic carbocycles. The van der Waals surface area contributed by atoms with E-state index in [9.17, 15) is 4.79 Å². The van der Waals surface area contributed by atoms with Crippen LogP contribution in [0, 0.1) is 0 Å². The molecule has 0 spiro atoms. The minimum atomic E-state index is -0.272. The van der Waals surface area contributed by atoms with E-state index in [0.717, 1.165) is 0 Å². The van der Waals surface area contributed by atoms with Crippen LogP contribution in [0.1, 0.15) is 34.6 Å². The number of nitrogens with one attached hydrogen (secondary N) is 1. The van der Waals surface area contributed by atoms with Gasteiger partial charge in [-0.2, -0.15) is 0 Å². The Morgan fingerprint density at radius 2 is 1.93 bits per heavy atom. The first-order chi connectivity index (χ1) is 6.81. The fourth-order valence-electron chi connectivity index (χ4n) is 0.818. The largest absolute Gasteiger partial charge is 0.377 e. The average molecular weight is 217 g/mol. The highest BCUT2D eigenvalue weighted by atomic mass is 16.5. The van der Waals surface area contributed by atoms with E-state index in [1.807, 2.05) is 34.6 Å². The van der Waals surface area contributed by atoms with E-state index in [0.29, 0.717) is 13.2 Å². The Labute approximate surface area is 92.3 Å². The zero-order valence-corrected chi connectivity index (χ0v) is 10.4. The van der Waals surface area contributed by atoms with Crippen molar-refractivity contribution in [2.45, 2.75) is 46.3 Å². The molecule has 1 N–H and O–H groups in total. The van der Waals surface area contributed by atoms with Gasteiger partial charge in [-0.15, -0.1) is 0 Å². The lowest BCUT2D eigenvalue weighted by Gasteiger charge is -2.19. The van der Waals surface area contributed by atoms with Gasteiger partial charge in [0.1, 0.15) is 6.61 Å². The monoisotopic (exact) mass is 217 g/mol. The molecule has 15 heavy (non-hydrogen) atoms. The molecule has 0 aromatic heterocycles. The highest BCUT2D eigenvalue weighted by molar-refractivity contribution is 5.77. The highest BCUT2D eigenvalue weighted by Gasteiger charge is 2.12. The summed E-state index contributed by atoms with van der Waals surface area (Å²) >= 11 is 0. The molecule has 0 radical (unpaired) electrons. The fourth-order valence-corrected chi connectivity index (χ4v) is 0.818. The molecule has 0 saturated carbocycles. The quantitative estimate of drug-likeness (QED) is 0.683. The Bertz CT molecular complexity index is 185. The predicted octanol–water partition coefficient (Wildman–Crippen LogP) is 1.34. The van der Waals surface area contributed by atoms with E-state index in [4.69, 9.17) is 9.47 Å². The van der Waals surface area contributed by atoms with Crippen LogP contribution < -0.4 is 5.32 Å². The van der Waals surface area contributed by atoms with Crippen LogP contribution in [0.4, 0.5) is 0 Å². The molecule has 4 nitrogen and oxygen atoms in total. The molecule has 0 saturated heterocycles. The summed E-state index contributed by atoms with van der Waals surface area (Å²) in [6, 6.07) is 0. The van der Waals surface area contributed by atoms with Gasteiger partial charge in [-0.25, -0.2) is 0 Å². The summed E-state index contributed by atoms with van der Waals surface area (Å²) in [6.07, 6.45) is 0.202. The van der Waals surface area contributed by atoms with Crippen molar-refractivity contribution >= 4 is 5.91 Å². The summed E-state index contributed by atoms with van der Waals surface area (Å²) in [7, 11) is 0. The van der Waals surface area contributed by atoms with Crippen LogP contribution >= 0.6 is 0 Å². The summed E-state index contributed by atoms with van der Waals surface area (Å²) in [5.41, 5.74) is -0.272. The first-order valence-electron chi connectivity index (χ1n) is 5.33. The van der Waals surface area contributed by atoms with Gasteiger partial charge in [0.15, 0.2) is 0 Å². The van der Waals surface area contributed by atoms with Crippen molar-refractivity contribution < 1.29 is 14.3 Å². The van der Waals surface area contributed by atoms with Gasteiger partial charge in [-0.3, -0.25) is 4.79 Å². The molecule has 1 amide bonds. The minimum Gasteiger partial charge on any atom is -0.377 e. The summed E-state index contributed by atoms with van der Waals surface area (Å²) < 4.78 is 10.6. The van der Waals surface area contributed by atoms with E-state index in [2.05, 4.69) is 5.32 Å². The van der Waals surface area contributed by atoms with Crippen LogP contribution in [0.15, 0.2) is 0 Å². The Balaban J connectivity index is 3.42. The lowest BCUT2D eigenvalue weighted by Crippen LogP contribution is -2.34. The Kier molecular flexibility index (Phi) is 6.52. The van der Waals surface area contributed by atoms with Crippen molar-refractivity contribution in [2.75, 3.05) is 19.8 Å². The zero-order chi connectivity index (χ0) is 11.9. The van der Waals surface area contributed by atoms with Crippen LogP contribution in [0.2, 0.25) is 0 Å². The molecule has 0 rings (SSSR count). The lowest BCUT2D eigenvalue weighted by molar-refractivity contribution is -0.130. The molecule has 0 aromatic carbocycles. The third kappa shape index (κ3) is 11.3. The minimum absolute atomic E-state index is 0.0997. The second-order valence-corrected chi connectivity index (χ2v) is 4.67. The summed E-state index contributed by atoms with van der Waals surface area (Å²) in [4.78, 5) is 11.2. The second-order valence-electron chi connectivity index (χ2n) is 4.67. The zero-order valence-electron chi connectivity index (χ0n) is 10.4. The topological polar surface area (TPSA) is 47.6 Å². The molecular weight excluding hydrogens is 194 g/mol. The fraction of sp³-hybridized carbons (Fsp3) is 0.909. The lowest BCUT2D eigenvalue weighted by atomic mass is 10.2. The molecule has 0 aliphatic rings. The number of ether oxygens (including phenoxy) is 2. The molecule has 0 bridgehead atoms. The van der Waals surface area contributed by atoms with E-state index in [1.165, 1.54) is 0 Å². The van der Waals surface area contributed by atoms with Crippen LogP contribution in [0.3, 0.4) is 0 Å². The number of amides is 1. The van der Waals surface area contributed by atoms with Crippen molar-refractivity contribution in [2.24, 2.45) is 0 Å². The maximum atomic E-state index is 11.2. The number of carbonyl (C=O) groups excluding carboxylic acids is 1. The molecule has 0 aromatic rings. The Morgan fingerprint density at radius 3 is 2.40 bits per heavy atom. The van der Waals surface area contributed by atoms with Crippen LogP contribution in [0.5, 0.6) is 0 Å². The first-order valence-corrected chi connectivity index (χ1v) is 5.33. The molecule has 0 atom stereocenters. The maximum absolute atomic E-state index is 11.2. The van der Waals surface area contributed by atoms with E-state index in [-0.39, 0.29) is 24.2 Å². The van der Waals surface area contributed by atoms with Crippen LogP contribution in [-0.2, 0) is 14.3 Å². The van der Waals surface area contributed by atoms with Gasteiger partial charge in [0, 0.05) is 6.54 Å². The normalized spacial score (nSPS) is 11.9. The van der Waals surface area contributed by atoms with Gasteiger partial charge in [-0.05, 0) is 34.6 Å². The van der Waals surface area contributed by atoms with Gasteiger partial charge in [0.25, 0.3) is 0 Å². The van der Waals surface area contributed by atoms with Gasteiger partial charge >= 0.3 is 0 Å². The van der Waals surface area contributed by atoms with Gasteiger partial charge in [0.05, 0.1) is 18.3 Å². The second kappa shape index (κ2) is 6.80. The number of carbonyl (C=O) groups is 1. The molecule has 0 aliphatic heterocycles. The standard InChI is InChI=1S/C11H23NO3/c1-9(2)14-7-6-12-10(13)8-15-11(3,4)5/h9H,6-8H2,1-5H3,(H,12,13). The predicted molar refractivity (Wildman–Crippen MR) is 59.8 cm³/mol. The summed E-state index contributed by atoms with van der Waals surface area (Å²) in [6.45, 7) is 10.9. The van der Waals surface area contributed by atoms with Crippen molar-refractivity contribution in [3.63, 3.8) is 0 Å². The summed E-state index contributed by atoms with van der Waals surface area (Å²) in [5, 5.41) is 2.72. The Hall–Kier alpha value is -0.610.